The first-order valence-corrected chi connectivity index (χ1v) is 6.83. The van der Waals surface area contributed by atoms with E-state index >= 15 is 0 Å². The van der Waals surface area contributed by atoms with Crippen LogP contribution in [0.3, 0.4) is 0 Å². The topological polar surface area (TPSA) is 35.4 Å². The lowest BCUT2D eigenvalue weighted by Crippen LogP contribution is -2.14. The fraction of sp³-hybridized carbons (Fsp3) is 0.714. The van der Waals surface area contributed by atoms with Gasteiger partial charge in [0.2, 0.25) is 0 Å². The second-order valence-corrected chi connectivity index (χ2v) is 4.87. The van der Waals surface area contributed by atoms with Crippen LogP contribution in [0.5, 0.6) is 0 Å². The van der Waals surface area contributed by atoms with Crippen molar-refractivity contribution in [2.75, 3.05) is 26.9 Å². The number of hydrogen-bond acceptors (Lipinski definition) is 3. The maximum absolute atomic E-state index is 5.54. The van der Waals surface area contributed by atoms with Gasteiger partial charge in [0.15, 0.2) is 0 Å². The lowest BCUT2D eigenvalue weighted by atomic mass is 10.3. The molecular weight excluding hydrogens is 228 g/mol. The number of hydrogen-bond donors (Lipinski definition) is 1. The summed E-state index contributed by atoms with van der Waals surface area (Å²) < 4.78 is 12.7. The van der Waals surface area contributed by atoms with Crippen LogP contribution in [0.1, 0.15) is 24.8 Å². The van der Waals surface area contributed by atoms with E-state index < -0.39 is 0 Å². The molecule has 1 aliphatic rings. The molecular formula is C14H24N2O2. The average Bonchev–Trinajstić information content (AvgIpc) is 3.11. The molecule has 0 aliphatic heterocycles. The Labute approximate surface area is 109 Å². The molecule has 0 saturated heterocycles. The third-order valence-electron chi connectivity index (χ3n) is 3.11. The summed E-state index contributed by atoms with van der Waals surface area (Å²) in [5, 5.41) is 3.52. The first-order valence-electron chi connectivity index (χ1n) is 6.83. The molecule has 4 heteroatoms. The smallest absolute Gasteiger partial charge is 0.0645 e. The lowest BCUT2D eigenvalue weighted by Gasteiger charge is -2.05. The first-order chi connectivity index (χ1) is 8.88. The predicted molar refractivity (Wildman–Crippen MR) is 71.6 cm³/mol. The molecule has 18 heavy (non-hydrogen) atoms. The molecule has 0 atom stereocenters. The molecule has 1 fully saturated rings. The van der Waals surface area contributed by atoms with Crippen molar-refractivity contribution in [1.82, 2.24) is 9.88 Å². The van der Waals surface area contributed by atoms with Gasteiger partial charge in [0.05, 0.1) is 6.61 Å². The Morgan fingerprint density at radius 3 is 3.00 bits per heavy atom. The number of rotatable bonds is 10. The van der Waals surface area contributed by atoms with Crippen molar-refractivity contribution >= 4 is 0 Å². The van der Waals surface area contributed by atoms with Crippen LogP contribution in [-0.2, 0) is 22.6 Å². The van der Waals surface area contributed by atoms with Gasteiger partial charge in [-0.25, -0.2) is 0 Å². The maximum Gasteiger partial charge on any atom is 0.0645 e. The van der Waals surface area contributed by atoms with E-state index in [0.29, 0.717) is 0 Å². The van der Waals surface area contributed by atoms with Gasteiger partial charge < -0.3 is 19.4 Å². The zero-order chi connectivity index (χ0) is 12.6. The molecule has 0 spiro atoms. The van der Waals surface area contributed by atoms with Gasteiger partial charge in [-0.2, -0.15) is 0 Å². The zero-order valence-corrected chi connectivity index (χ0v) is 11.2. The van der Waals surface area contributed by atoms with Crippen LogP contribution in [0.15, 0.2) is 18.5 Å². The minimum absolute atomic E-state index is 0.772. The van der Waals surface area contributed by atoms with E-state index in [9.17, 15) is 0 Å². The largest absolute Gasteiger partial charge is 0.385 e. The summed E-state index contributed by atoms with van der Waals surface area (Å²) in [5.74, 6) is 0. The van der Waals surface area contributed by atoms with E-state index in [1.807, 2.05) is 0 Å². The standard InChI is InChI=1S/C14H24N2O2/c1-17-8-2-9-18-10-7-16-6-5-13(12-16)11-15-14-3-4-14/h5-6,12,14-15H,2-4,7-11H2,1H3. The second-order valence-electron chi connectivity index (χ2n) is 4.87. The lowest BCUT2D eigenvalue weighted by molar-refractivity contribution is 0.0977. The Morgan fingerprint density at radius 1 is 1.33 bits per heavy atom. The van der Waals surface area contributed by atoms with Crippen LogP contribution >= 0.6 is 0 Å². The Bertz CT molecular complexity index is 334. The van der Waals surface area contributed by atoms with Crippen molar-refractivity contribution in [3.63, 3.8) is 0 Å². The molecule has 1 aromatic rings. The second kappa shape index (κ2) is 7.56. The number of aromatic nitrogens is 1. The summed E-state index contributed by atoms with van der Waals surface area (Å²) in [6, 6.07) is 2.96. The summed E-state index contributed by atoms with van der Waals surface area (Å²) in [6.07, 6.45) is 7.99. The van der Waals surface area contributed by atoms with E-state index in [0.717, 1.165) is 45.4 Å². The predicted octanol–water partition coefficient (Wildman–Crippen LogP) is 1.79. The molecule has 1 N–H and O–H groups in total. The van der Waals surface area contributed by atoms with Gasteiger partial charge in [0.25, 0.3) is 0 Å². The van der Waals surface area contributed by atoms with Crippen molar-refractivity contribution in [1.29, 1.82) is 0 Å². The molecule has 4 nitrogen and oxygen atoms in total. The average molecular weight is 252 g/mol. The molecule has 0 aromatic carbocycles. The normalized spacial score (nSPS) is 15.2. The maximum atomic E-state index is 5.54. The van der Waals surface area contributed by atoms with Crippen molar-refractivity contribution in [3.05, 3.63) is 24.0 Å². The summed E-state index contributed by atoms with van der Waals surface area (Å²) >= 11 is 0. The highest BCUT2D eigenvalue weighted by Gasteiger charge is 2.19. The Morgan fingerprint density at radius 2 is 2.22 bits per heavy atom. The van der Waals surface area contributed by atoms with Crippen molar-refractivity contribution < 1.29 is 9.47 Å². The third-order valence-corrected chi connectivity index (χ3v) is 3.11. The van der Waals surface area contributed by atoms with E-state index in [-0.39, 0.29) is 0 Å². The number of nitrogens with one attached hydrogen (secondary N) is 1. The summed E-state index contributed by atoms with van der Waals surface area (Å²) in [5.41, 5.74) is 1.36. The minimum atomic E-state index is 0.772. The molecule has 0 unspecified atom stereocenters. The fourth-order valence-electron chi connectivity index (χ4n) is 1.86. The molecule has 102 valence electrons. The van der Waals surface area contributed by atoms with Gasteiger partial charge in [-0.3, -0.25) is 0 Å². The summed E-state index contributed by atoms with van der Waals surface area (Å²) in [6.45, 7) is 4.25. The monoisotopic (exact) mass is 252 g/mol. The Hall–Kier alpha value is -0.840. The van der Waals surface area contributed by atoms with Gasteiger partial charge in [-0.1, -0.05) is 0 Å². The molecule has 2 rings (SSSR count). The molecule has 1 heterocycles. The summed E-state index contributed by atoms with van der Waals surface area (Å²) in [4.78, 5) is 0. The van der Waals surface area contributed by atoms with Crippen molar-refractivity contribution in [2.24, 2.45) is 0 Å². The quantitative estimate of drug-likeness (QED) is 0.645. The third kappa shape index (κ3) is 5.21. The molecule has 1 aromatic heterocycles. The van der Waals surface area contributed by atoms with Gasteiger partial charge >= 0.3 is 0 Å². The van der Waals surface area contributed by atoms with Gasteiger partial charge in [0, 0.05) is 51.8 Å². The molecule has 0 amide bonds. The highest BCUT2D eigenvalue weighted by molar-refractivity contribution is 5.10. The minimum Gasteiger partial charge on any atom is -0.385 e. The Kier molecular flexibility index (Phi) is 5.71. The molecule has 0 radical (unpaired) electrons. The van der Waals surface area contributed by atoms with E-state index in [2.05, 4.69) is 28.3 Å². The van der Waals surface area contributed by atoms with Crippen LogP contribution in [-0.4, -0.2) is 37.5 Å². The van der Waals surface area contributed by atoms with Crippen molar-refractivity contribution in [2.45, 2.75) is 38.4 Å². The Balaban J connectivity index is 1.54. The molecule has 1 aliphatic carbocycles. The van der Waals surface area contributed by atoms with Crippen LogP contribution in [0.25, 0.3) is 0 Å². The zero-order valence-electron chi connectivity index (χ0n) is 11.2. The van der Waals surface area contributed by atoms with Crippen LogP contribution in [0, 0.1) is 0 Å². The highest BCUT2D eigenvalue weighted by atomic mass is 16.5. The fourth-order valence-corrected chi connectivity index (χ4v) is 1.86. The van der Waals surface area contributed by atoms with Crippen LogP contribution in [0.2, 0.25) is 0 Å². The van der Waals surface area contributed by atoms with E-state index in [1.54, 1.807) is 7.11 Å². The van der Waals surface area contributed by atoms with Crippen molar-refractivity contribution in [3.8, 4) is 0 Å². The number of nitrogens with zero attached hydrogens (tertiary/aromatic N) is 1. The number of ether oxygens (including phenoxy) is 2. The van der Waals surface area contributed by atoms with Gasteiger partial charge in [-0.15, -0.1) is 0 Å². The molecule has 0 bridgehead atoms. The van der Waals surface area contributed by atoms with E-state index in [4.69, 9.17) is 9.47 Å². The first kappa shape index (κ1) is 13.6. The highest BCUT2D eigenvalue weighted by Crippen LogP contribution is 2.19. The van der Waals surface area contributed by atoms with Gasteiger partial charge in [-0.05, 0) is 30.9 Å². The van der Waals surface area contributed by atoms with Crippen LogP contribution in [0.4, 0.5) is 0 Å². The summed E-state index contributed by atoms with van der Waals surface area (Å²) in [7, 11) is 1.72. The SMILES string of the molecule is COCCCOCCn1ccc(CNC2CC2)c1. The van der Waals surface area contributed by atoms with Gasteiger partial charge in [0.1, 0.15) is 0 Å². The van der Waals surface area contributed by atoms with Crippen LogP contribution < -0.4 is 5.32 Å². The van der Waals surface area contributed by atoms with E-state index in [1.165, 1.54) is 18.4 Å². The number of methoxy groups -OCH3 is 1. The molecule has 1 saturated carbocycles.